The molecule has 2 aromatic rings. The number of benzene rings is 1. The third-order valence-corrected chi connectivity index (χ3v) is 1.80. The van der Waals surface area contributed by atoms with Gasteiger partial charge in [-0.2, -0.15) is 0 Å². The van der Waals surface area contributed by atoms with Crippen LogP contribution in [0.2, 0.25) is 5.15 Å². The Kier molecular flexibility index (Phi) is 2.23. The van der Waals surface area contributed by atoms with Gasteiger partial charge in [-0.1, -0.05) is 35.9 Å². The van der Waals surface area contributed by atoms with Crippen LogP contribution in [0.1, 0.15) is 0 Å². The summed E-state index contributed by atoms with van der Waals surface area (Å²) in [6.07, 6.45) is 3.16. The fourth-order valence-corrected chi connectivity index (χ4v) is 1.10. The molecule has 0 aliphatic heterocycles. The predicted molar refractivity (Wildman–Crippen MR) is 51.3 cm³/mol. The Bertz CT molecular complexity index is 383. The van der Waals surface area contributed by atoms with Gasteiger partial charge in [-0.15, -0.1) is 0 Å². The molecule has 0 aliphatic rings. The van der Waals surface area contributed by atoms with E-state index in [4.69, 9.17) is 11.6 Å². The van der Waals surface area contributed by atoms with E-state index in [-0.39, 0.29) is 0 Å². The summed E-state index contributed by atoms with van der Waals surface area (Å²) in [6.45, 7) is 0. The molecule has 0 aliphatic carbocycles. The lowest BCUT2D eigenvalue weighted by molar-refractivity contribution is 1.20. The molecule has 0 fully saturated rings. The summed E-state index contributed by atoms with van der Waals surface area (Å²) in [5.74, 6) is 0. The van der Waals surface area contributed by atoms with Gasteiger partial charge in [0.2, 0.25) is 0 Å². The van der Waals surface area contributed by atoms with Crippen LogP contribution >= 0.6 is 11.6 Å². The number of halogens is 1. The molecule has 1 radical (unpaired) electrons. The molecular formula is C10H6ClN2. The second kappa shape index (κ2) is 3.54. The van der Waals surface area contributed by atoms with Crippen LogP contribution in [0.3, 0.4) is 0 Å². The van der Waals surface area contributed by atoms with Gasteiger partial charge in [-0.05, 0) is 6.07 Å². The molecule has 1 aromatic carbocycles. The van der Waals surface area contributed by atoms with Gasteiger partial charge in [0.1, 0.15) is 5.15 Å². The number of rotatable bonds is 1. The number of hydrogen-bond donors (Lipinski definition) is 0. The van der Waals surface area contributed by atoms with E-state index in [1.807, 2.05) is 24.3 Å². The molecule has 0 N–H and O–H groups in total. The van der Waals surface area contributed by atoms with Crippen molar-refractivity contribution in [2.45, 2.75) is 0 Å². The first-order valence-electron chi connectivity index (χ1n) is 3.81. The average Bonchev–Trinajstić information content (AvgIpc) is 2.20. The molecule has 1 aromatic heterocycles. The van der Waals surface area contributed by atoms with Gasteiger partial charge in [0.15, 0.2) is 0 Å². The topological polar surface area (TPSA) is 25.8 Å². The smallest absolute Gasteiger partial charge is 0.147 e. The quantitative estimate of drug-likeness (QED) is 0.689. The van der Waals surface area contributed by atoms with Crippen LogP contribution in [0, 0.1) is 6.07 Å². The zero-order valence-corrected chi connectivity index (χ0v) is 7.49. The molecule has 1 heterocycles. The van der Waals surface area contributed by atoms with Gasteiger partial charge in [0.05, 0.1) is 18.1 Å². The van der Waals surface area contributed by atoms with Crippen molar-refractivity contribution in [1.82, 2.24) is 9.97 Å². The highest BCUT2D eigenvalue weighted by molar-refractivity contribution is 6.29. The fraction of sp³-hybridized carbons (Fsp3) is 0. The van der Waals surface area contributed by atoms with E-state index in [1.165, 1.54) is 6.20 Å². The summed E-state index contributed by atoms with van der Waals surface area (Å²) in [6, 6.07) is 10.7. The zero-order valence-electron chi connectivity index (χ0n) is 6.74. The van der Waals surface area contributed by atoms with E-state index in [0.717, 1.165) is 11.3 Å². The minimum absolute atomic E-state index is 0.402. The van der Waals surface area contributed by atoms with E-state index in [1.54, 1.807) is 6.20 Å². The molecule has 13 heavy (non-hydrogen) atoms. The van der Waals surface area contributed by atoms with Crippen molar-refractivity contribution in [2.24, 2.45) is 0 Å². The van der Waals surface area contributed by atoms with Gasteiger partial charge in [-0.3, -0.25) is 4.98 Å². The largest absolute Gasteiger partial charge is 0.251 e. The van der Waals surface area contributed by atoms with Crippen LogP contribution in [0.15, 0.2) is 36.7 Å². The van der Waals surface area contributed by atoms with Crippen molar-refractivity contribution < 1.29 is 0 Å². The van der Waals surface area contributed by atoms with Gasteiger partial charge in [0, 0.05) is 5.56 Å². The van der Waals surface area contributed by atoms with Crippen LogP contribution < -0.4 is 0 Å². The molecule has 0 spiro atoms. The summed E-state index contributed by atoms with van der Waals surface area (Å²) in [7, 11) is 0. The highest BCUT2D eigenvalue weighted by Crippen LogP contribution is 2.14. The maximum atomic E-state index is 5.62. The average molecular weight is 190 g/mol. The first-order chi connectivity index (χ1) is 6.36. The van der Waals surface area contributed by atoms with Crippen molar-refractivity contribution in [3.05, 3.63) is 47.9 Å². The highest BCUT2D eigenvalue weighted by Gasteiger charge is 1.97. The van der Waals surface area contributed by atoms with Gasteiger partial charge >= 0.3 is 0 Å². The molecule has 0 unspecified atom stereocenters. The Balaban J connectivity index is 2.42. The summed E-state index contributed by atoms with van der Waals surface area (Å²) < 4.78 is 0. The first kappa shape index (κ1) is 8.20. The number of aromatic nitrogens is 2. The van der Waals surface area contributed by atoms with Gasteiger partial charge < -0.3 is 0 Å². The van der Waals surface area contributed by atoms with Gasteiger partial charge in [-0.25, -0.2) is 4.98 Å². The molecule has 0 amide bonds. The Morgan fingerprint density at radius 1 is 1.15 bits per heavy atom. The third-order valence-electron chi connectivity index (χ3n) is 1.61. The van der Waals surface area contributed by atoms with Crippen LogP contribution in [-0.2, 0) is 0 Å². The monoisotopic (exact) mass is 189 g/mol. The summed E-state index contributed by atoms with van der Waals surface area (Å²) in [4.78, 5) is 8.06. The molecule has 63 valence electrons. The summed E-state index contributed by atoms with van der Waals surface area (Å²) in [5, 5.41) is 0.402. The maximum Gasteiger partial charge on any atom is 0.147 e. The van der Waals surface area contributed by atoms with Crippen molar-refractivity contribution in [3.8, 4) is 11.3 Å². The SMILES string of the molecule is Clc1cnc(-c2[c]cccc2)cn1. The second-order valence-corrected chi connectivity index (χ2v) is 2.89. The van der Waals surface area contributed by atoms with Crippen LogP contribution in [-0.4, -0.2) is 9.97 Å². The van der Waals surface area contributed by atoms with Gasteiger partial charge in [0.25, 0.3) is 0 Å². The number of hydrogen-bond acceptors (Lipinski definition) is 2. The van der Waals surface area contributed by atoms with E-state index >= 15 is 0 Å². The van der Waals surface area contributed by atoms with Crippen molar-refractivity contribution >= 4 is 11.6 Å². The molecule has 2 nitrogen and oxygen atoms in total. The third kappa shape index (κ3) is 1.84. The minimum atomic E-state index is 0.402. The second-order valence-electron chi connectivity index (χ2n) is 2.50. The van der Waals surface area contributed by atoms with Crippen molar-refractivity contribution in [3.63, 3.8) is 0 Å². The maximum absolute atomic E-state index is 5.62. The highest BCUT2D eigenvalue weighted by atomic mass is 35.5. The van der Waals surface area contributed by atoms with Crippen LogP contribution in [0.4, 0.5) is 0 Å². The van der Waals surface area contributed by atoms with Crippen LogP contribution in [0.5, 0.6) is 0 Å². The molecule has 0 saturated heterocycles. The standard InChI is InChI=1S/C10H6ClN2/c11-10-7-12-9(6-13-10)8-4-2-1-3-5-8/h1-4,6-7H. The van der Waals surface area contributed by atoms with E-state index in [2.05, 4.69) is 16.0 Å². The normalized spacial score (nSPS) is 9.92. The Hall–Kier alpha value is -1.41. The molecule has 0 saturated carbocycles. The lowest BCUT2D eigenvalue weighted by Gasteiger charge is -1.97. The first-order valence-corrected chi connectivity index (χ1v) is 4.19. The van der Waals surface area contributed by atoms with E-state index in [0.29, 0.717) is 5.15 Å². The van der Waals surface area contributed by atoms with E-state index in [9.17, 15) is 0 Å². The Labute approximate surface area is 81.2 Å². The molecule has 3 heteroatoms. The predicted octanol–water partition coefficient (Wildman–Crippen LogP) is 2.60. The summed E-state index contributed by atoms with van der Waals surface area (Å²) >= 11 is 5.62. The minimum Gasteiger partial charge on any atom is -0.251 e. The number of nitrogens with zero attached hydrogens (tertiary/aromatic N) is 2. The van der Waals surface area contributed by atoms with Crippen molar-refractivity contribution in [1.29, 1.82) is 0 Å². The van der Waals surface area contributed by atoms with E-state index < -0.39 is 0 Å². The lowest BCUT2D eigenvalue weighted by Crippen LogP contribution is -1.84. The Morgan fingerprint density at radius 2 is 2.08 bits per heavy atom. The fourth-order valence-electron chi connectivity index (χ4n) is 1.00. The Morgan fingerprint density at radius 3 is 2.69 bits per heavy atom. The summed E-state index contributed by atoms with van der Waals surface area (Å²) in [5.41, 5.74) is 1.71. The molecule has 0 atom stereocenters. The van der Waals surface area contributed by atoms with Crippen LogP contribution in [0.25, 0.3) is 11.3 Å². The lowest BCUT2D eigenvalue weighted by atomic mass is 10.2. The molecule has 2 rings (SSSR count). The zero-order chi connectivity index (χ0) is 9.10. The molecule has 0 bridgehead atoms. The molecular weight excluding hydrogens is 184 g/mol. The van der Waals surface area contributed by atoms with Crippen molar-refractivity contribution in [2.75, 3.05) is 0 Å².